The average Bonchev–Trinajstić information content (AvgIpc) is 2.52. The monoisotopic (exact) mass is 337 g/mol. The van der Waals surface area contributed by atoms with Crippen LogP contribution in [0.15, 0.2) is 41.6 Å². The fraction of sp³-hybridized carbons (Fsp3) is 0.125. The standard InChI is InChI=1S/C16H13ClFNO4/c1-9(20)23-19-15(10-5-3-4-6-12(10)18)11-7-8-13(22-2)14(17)16(11)21/h3-8,21H,1-2H3/b19-15-. The number of methoxy groups -OCH3 is 1. The zero-order valence-corrected chi connectivity index (χ0v) is 13.1. The third-order valence-corrected chi connectivity index (χ3v) is 3.32. The van der Waals surface area contributed by atoms with E-state index in [9.17, 15) is 14.3 Å². The van der Waals surface area contributed by atoms with E-state index < -0.39 is 11.8 Å². The lowest BCUT2D eigenvalue weighted by Gasteiger charge is -2.12. The van der Waals surface area contributed by atoms with E-state index >= 15 is 0 Å². The Kier molecular flexibility index (Phi) is 5.18. The molecule has 7 heteroatoms. The smallest absolute Gasteiger partial charge is 0.332 e. The molecule has 0 saturated heterocycles. The number of ether oxygens (including phenoxy) is 1. The average molecular weight is 338 g/mol. The Morgan fingerprint density at radius 3 is 2.52 bits per heavy atom. The molecule has 0 radical (unpaired) electrons. The molecule has 0 amide bonds. The van der Waals surface area contributed by atoms with Crippen molar-refractivity contribution in [1.82, 2.24) is 0 Å². The Hall–Kier alpha value is -2.60. The van der Waals surface area contributed by atoms with E-state index in [0.29, 0.717) is 0 Å². The van der Waals surface area contributed by atoms with Gasteiger partial charge in [-0.05, 0) is 24.3 Å². The van der Waals surface area contributed by atoms with Crippen molar-refractivity contribution in [3.63, 3.8) is 0 Å². The Morgan fingerprint density at radius 1 is 1.22 bits per heavy atom. The molecule has 0 bridgehead atoms. The van der Waals surface area contributed by atoms with Crippen molar-refractivity contribution in [2.24, 2.45) is 5.16 Å². The van der Waals surface area contributed by atoms with Gasteiger partial charge in [-0.3, -0.25) is 0 Å². The van der Waals surface area contributed by atoms with E-state index in [1.807, 2.05) is 0 Å². The van der Waals surface area contributed by atoms with Crippen LogP contribution in [0.3, 0.4) is 0 Å². The van der Waals surface area contributed by atoms with Crippen LogP contribution in [0.25, 0.3) is 0 Å². The maximum atomic E-state index is 14.1. The molecule has 0 spiro atoms. The normalized spacial score (nSPS) is 11.2. The van der Waals surface area contributed by atoms with E-state index in [4.69, 9.17) is 16.3 Å². The zero-order chi connectivity index (χ0) is 17.0. The highest BCUT2D eigenvalue weighted by atomic mass is 35.5. The van der Waals surface area contributed by atoms with Gasteiger partial charge in [-0.2, -0.15) is 0 Å². The van der Waals surface area contributed by atoms with Crippen LogP contribution in [0.1, 0.15) is 18.1 Å². The predicted octanol–water partition coefficient (Wildman–Crippen LogP) is 3.51. The van der Waals surface area contributed by atoms with Gasteiger partial charge >= 0.3 is 5.97 Å². The van der Waals surface area contributed by atoms with Gasteiger partial charge in [0.25, 0.3) is 0 Å². The minimum Gasteiger partial charge on any atom is -0.506 e. The van der Waals surface area contributed by atoms with Crippen molar-refractivity contribution in [1.29, 1.82) is 0 Å². The molecule has 0 aromatic heterocycles. The van der Waals surface area contributed by atoms with Gasteiger partial charge < -0.3 is 14.7 Å². The summed E-state index contributed by atoms with van der Waals surface area (Å²) in [5.41, 5.74) is 0.0767. The van der Waals surface area contributed by atoms with Gasteiger partial charge in [0.1, 0.15) is 28.1 Å². The third kappa shape index (κ3) is 3.60. The van der Waals surface area contributed by atoms with Gasteiger partial charge in [0, 0.05) is 18.1 Å². The number of aromatic hydroxyl groups is 1. The predicted molar refractivity (Wildman–Crippen MR) is 83.5 cm³/mol. The quantitative estimate of drug-likeness (QED) is 0.526. The van der Waals surface area contributed by atoms with Crippen molar-refractivity contribution in [2.45, 2.75) is 6.92 Å². The van der Waals surface area contributed by atoms with Gasteiger partial charge in [0.05, 0.1) is 7.11 Å². The van der Waals surface area contributed by atoms with Gasteiger partial charge in [-0.1, -0.05) is 28.9 Å². The summed E-state index contributed by atoms with van der Waals surface area (Å²) < 4.78 is 19.1. The van der Waals surface area contributed by atoms with Crippen molar-refractivity contribution in [3.8, 4) is 11.5 Å². The topological polar surface area (TPSA) is 68.1 Å². The van der Waals surface area contributed by atoms with Crippen LogP contribution >= 0.6 is 11.6 Å². The highest BCUT2D eigenvalue weighted by molar-refractivity contribution is 6.34. The Morgan fingerprint density at radius 2 is 1.91 bits per heavy atom. The lowest BCUT2D eigenvalue weighted by molar-refractivity contribution is -0.140. The van der Waals surface area contributed by atoms with E-state index in [-0.39, 0.29) is 33.4 Å². The zero-order valence-electron chi connectivity index (χ0n) is 12.3. The van der Waals surface area contributed by atoms with E-state index in [1.54, 1.807) is 6.07 Å². The molecule has 2 rings (SSSR count). The van der Waals surface area contributed by atoms with Crippen LogP contribution in [0.5, 0.6) is 11.5 Å². The molecule has 0 heterocycles. The SMILES string of the molecule is COc1ccc(/C(=N\OC(C)=O)c2ccccc2F)c(O)c1Cl. The third-order valence-electron chi connectivity index (χ3n) is 2.95. The highest BCUT2D eigenvalue weighted by Crippen LogP contribution is 2.37. The van der Waals surface area contributed by atoms with Gasteiger partial charge in [0.2, 0.25) is 0 Å². The molecule has 120 valence electrons. The highest BCUT2D eigenvalue weighted by Gasteiger charge is 2.20. The molecule has 0 unspecified atom stereocenters. The number of halogens is 2. The molecule has 0 aliphatic heterocycles. The van der Waals surface area contributed by atoms with Crippen molar-refractivity contribution >= 4 is 23.3 Å². The number of carbonyl (C=O) groups excluding carboxylic acids is 1. The summed E-state index contributed by atoms with van der Waals surface area (Å²) >= 11 is 6.00. The summed E-state index contributed by atoms with van der Waals surface area (Å²) in [6.45, 7) is 1.16. The summed E-state index contributed by atoms with van der Waals surface area (Å²) in [7, 11) is 1.39. The number of hydrogen-bond acceptors (Lipinski definition) is 5. The van der Waals surface area contributed by atoms with Gasteiger partial charge in [-0.25, -0.2) is 9.18 Å². The first-order chi connectivity index (χ1) is 11.0. The lowest BCUT2D eigenvalue weighted by Crippen LogP contribution is -2.09. The number of benzene rings is 2. The Bertz CT molecular complexity index is 777. The summed E-state index contributed by atoms with van der Waals surface area (Å²) in [5, 5.41) is 13.8. The van der Waals surface area contributed by atoms with Crippen LogP contribution in [-0.2, 0) is 9.63 Å². The van der Waals surface area contributed by atoms with Crippen molar-refractivity contribution < 1.29 is 23.9 Å². The number of carbonyl (C=O) groups is 1. The Balaban J connectivity index is 2.64. The van der Waals surface area contributed by atoms with E-state index in [2.05, 4.69) is 9.99 Å². The maximum absolute atomic E-state index is 14.1. The summed E-state index contributed by atoms with van der Waals surface area (Å²) in [4.78, 5) is 15.6. The van der Waals surface area contributed by atoms with E-state index in [0.717, 1.165) is 6.92 Å². The molecular formula is C16H13ClFNO4. The first-order valence-electron chi connectivity index (χ1n) is 6.52. The largest absolute Gasteiger partial charge is 0.506 e. The van der Waals surface area contributed by atoms with Gasteiger partial charge in [-0.15, -0.1) is 0 Å². The minimum atomic E-state index is -0.682. The molecule has 0 aliphatic carbocycles. The molecule has 0 fully saturated rings. The molecule has 0 saturated carbocycles. The molecule has 2 aromatic rings. The molecule has 23 heavy (non-hydrogen) atoms. The fourth-order valence-electron chi connectivity index (χ4n) is 1.90. The minimum absolute atomic E-state index is 0.0466. The van der Waals surface area contributed by atoms with Gasteiger partial charge in [0.15, 0.2) is 0 Å². The van der Waals surface area contributed by atoms with Crippen LogP contribution < -0.4 is 4.74 Å². The first-order valence-corrected chi connectivity index (χ1v) is 6.89. The lowest BCUT2D eigenvalue weighted by atomic mass is 10.0. The second kappa shape index (κ2) is 7.11. The molecule has 1 N–H and O–H groups in total. The van der Waals surface area contributed by atoms with Crippen molar-refractivity contribution in [3.05, 3.63) is 58.4 Å². The number of phenols is 1. The molecule has 0 aliphatic rings. The number of phenolic OH excluding ortho intramolecular Hbond substituents is 1. The summed E-state index contributed by atoms with van der Waals surface area (Å²) in [5.74, 6) is -1.39. The number of hydrogen-bond donors (Lipinski definition) is 1. The number of oxime groups is 1. The number of nitrogens with zero attached hydrogens (tertiary/aromatic N) is 1. The van der Waals surface area contributed by atoms with E-state index in [1.165, 1.54) is 37.4 Å². The second-order valence-corrected chi connectivity index (χ2v) is 4.86. The molecular weight excluding hydrogens is 325 g/mol. The Labute approximate surface area is 136 Å². The molecule has 0 atom stereocenters. The maximum Gasteiger partial charge on any atom is 0.332 e. The van der Waals surface area contributed by atoms with Crippen LogP contribution in [0.4, 0.5) is 4.39 Å². The second-order valence-electron chi connectivity index (χ2n) is 4.48. The van der Waals surface area contributed by atoms with Crippen LogP contribution in [-0.4, -0.2) is 23.9 Å². The van der Waals surface area contributed by atoms with Crippen molar-refractivity contribution in [2.75, 3.05) is 7.11 Å². The number of rotatable bonds is 4. The molecule has 2 aromatic carbocycles. The summed E-state index contributed by atoms with van der Waals surface area (Å²) in [6.07, 6.45) is 0. The first kappa shape index (κ1) is 16.8. The summed E-state index contributed by atoms with van der Waals surface area (Å²) in [6, 6.07) is 8.68. The van der Waals surface area contributed by atoms with Crippen LogP contribution in [0.2, 0.25) is 5.02 Å². The molecule has 5 nitrogen and oxygen atoms in total. The fourth-order valence-corrected chi connectivity index (χ4v) is 2.14. The van der Waals surface area contributed by atoms with Crippen LogP contribution in [0, 0.1) is 5.82 Å².